The standard InChI is InChI=1S/C11H21N3/c1-10(2,3)7-14-8-13-6-9(14)11(4,5)12/h6,8H,7,12H2,1-5H3. The minimum atomic E-state index is -0.318. The molecule has 80 valence electrons. The summed E-state index contributed by atoms with van der Waals surface area (Å²) in [6.07, 6.45) is 3.71. The van der Waals surface area contributed by atoms with E-state index in [-0.39, 0.29) is 11.0 Å². The number of nitrogens with zero attached hydrogens (tertiary/aromatic N) is 2. The molecule has 0 saturated heterocycles. The maximum atomic E-state index is 6.06. The molecule has 0 saturated carbocycles. The third kappa shape index (κ3) is 2.84. The molecule has 14 heavy (non-hydrogen) atoms. The van der Waals surface area contributed by atoms with Crippen LogP contribution >= 0.6 is 0 Å². The Labute approximate surface area is 86.3 Å². The van der Waals surface area contributed by atoms with Crippen molar-refractivity contribution in [1.82, 2.24) is 9.55 Å². The molecule has 3 heteroatoms. The van der Waals surface area contributed by atoms with Gasteiger partial charge in [0.25, 0.3) is 0 Å². The van der Waals surface area contributed by atoms with Gasteiger partial charge in [0.15, 0.2) is 0 Å². The lowest BCUT2D eigenvalue weighted by Crippen LogP contribution is -2.32. The molecule has 0 aromatic carbocycles. The van der Waals surface area contributed by atoms with E-state index in [0.29, 0.717) is 0 Å². The summed E-state index contributed by atoms with van der Waals surface area (Å²) in [7, 11) is 0. The Kier molecular flexibility index (Phi) is 2.72. The first-order valence-corrected chi connectivity index (χ1v) is 5.00. The zero-order chi connectivity index (χ0) is 11.0. The highest BCUT2D eigenvalue weighted by atomic mass is 15.1. The number of nitrogens with two attached hydrogens (primary N) is 1. The first kappa shape index (κ1) is 11.2. The molecule has 0 atom stereocenters. The van der Waals surface area contributed by atoms with Crippen molar-refractivity contribution in [2.24, 2.45) is 11.1 Å². The summed E-state index contributed by atoms with van der Waals surface area (Å²) >= 11 is 0. The number of imidazole rings is 1. The van der Waals surface area contributed by atoms with Gasteiger partial charge < -0.3 is 10.3 Å². The van der Waals surface area contributed by atoms with E-state index >= 15 is 0 Å². The maximum absolute atomic E-state index is 6.06. The van der Waals surface area contributed by atoms with Crippen LogP contribution in [0.2, 0.25) is 0 Å². The van der Waals surface area contributed by atoms with Crippen LogP contribution in [0.5, 0.6) is 0 Å². The van der Waals surface area contributed by atoms with E-state index in [9.17, 15) is 0 Å². The van der Waals surface area contributed by atoms with E-state index in [0.717, 1.165) is 12.2 Å². The second-order valence-electron chi connectivity index (χ2n) is 5.69. The van der Waals surface area contributed by atoms with Crippen molar-refractivity contribution in [2.45, 2.75) is 46.7 Å². The quantitative estimate of drug-likeness (QED) is 0.785. The molecule has 1 aromatic heterocycles. The highest BCUT2D eigenvalue weighted by molar-refractivity contribution is 5.10. The molecule has 1 rings (SSSR count). The zero-order valence-electron chi connectivity index (χ0n) is 9.83. The SMILES string of the molecule is CC(C)(C)Cn1cncc1C(C)(C)N. The Hall–Kier alpha value is -0.830. The van der Waals surface area contributed by atoms with Gasteiger partial charge in [0.2, 0.25) is 0 Å². The summed E-state index contributed by atoms with van der Waals surface area (Å²) in [5, 5.41) is 0. The molecule has 0 radical (unpaired) electrons. The Morgan fingerprint density at radius 2 is 1.86 bits per heavy atom. The van der Waals surface area contributed by atoms with Crippen LogP contribution in [-0.2, 0) is 12.1 Å². The summed E-state index contributed by atoms with van der Waals surface area (Å²) in [4.78, 5) is 4.16. The molecule has 1 aromatic rings. The first-order valence-electron chi connectivity index (χ1n) is 5.00. The molecular weight excluding hydrogens is 174 g/mol. The van der Waals surface area contributed by atoms with Crippen molar-refractivity contribution in [1.29, 1.82) is 0 Å². The van der Waals surface area contributed by atoms with Crippen LogP contribution < -0.4 is 5.73 Å². The van der Waals surface area contributed by atoms with E-state index in [1.807, 2.05) is 26.4 Å². The molecule has 0 bridgehead atoms. The van der Waals surface area contributed by atoms with E-state index < -0.39 is 0 Å². The highest BCUT2D eigenvalue weighted by Crippen LogP contribution is 2.22. The van der Waals surface area contributed by atoms with Gasteiger partial charge in [0.1, 0.15) is 0 Å². The fourth-order valence-electron chi connectivity index (χ4n) is 1.49. The third-order valence-corrected chi connectivity index (χ3v) is 2.02. The van der Waals surface area contributed by atoms with Gasteiger partial charge in [0.05, 0.1) is 17.6 Å². The van der Waals surface area contributed by atoms with Gasteiger partial charge in [-0.05, 0) is 19.3 Å². The Morgan fingerprint density at radius 3 is 2.29 bits per heavy atom. The summed E-state index contributed by atoms with van der Waals surface area (Å²) in [6, 6.07) is 0. The number of hydrogen-bond acceptors (Lipinski definition) is 2. The van der Waals surface area contributed by atoms with Crippen molar-refractivity contribution in [3.63, 3.8) is 0 Å². The molecule has 0 aliphatic rings. The van der Waals surface area contributed by atoms with Gasteiger partial charge in [-0.15, -0.1) is 0 Å². The van der Waals surface area contributed by atoms with Gasteiger partial charge >= 0.3 is 0 Å². The van der Waals surface area contributed by atoms with Crippen LogP contribution in [0.3, 0.4) is 0 Å². The average Bonchev–Trinajstić information content (AvgIpc) is 2.29. The predicted octanol–water partition coefficient (Wildman–Crippen LogP) is 2.12. The second kappa shape index (κ2) is 3.39. The lowest BCUT2D eigenvalue weighted by Gasteiger charge is -2.25. The van der Waals surface area contributed by atoms with Crippen molar-refractivity contribution in [3.8, 4) is 0 Å². The summed E-state index contributed by atoms with van der Waals surface area (Å²) < 4.78 is 2.14. The van der Waals surface area contributed by atoms with Crippen molar-refractivity contribution in [3.05, 3.63) is 18.2 Å². The fraction of sp³-hybridized carbons (Fsp3) is 0.727. The molecule has 3 nitrogen and oxygen atoms in total. The molecule has 0 aliphatic carbocycles. The third-order valence-electron chi connectivity index (χ3n) is 2.02. The van der Waals surface area contributed by atoms with Crippen LogP contribution in [0.1, 0.15) is 40.3 Å². The molecule has 2 N–H and O–H groups in total. The zero-order valence-corrected chi connectivity index (χ0v) is 9.83. The van der Waals surface area contributed by atoms with Crippen molar-refractivity contribution < 1.29 is 0 Å². The average molecular weight is 195 g/mol. The lowest BCUT2D eigenvalue weighted by atomic mass is 9.95. The fourth-order valence-corrected chi connectivity index (χ4v) is 1.49. The highest BCUT2D eigenvalue weighted by Gasteiger charge is 2.21. The van der Waals surface area contributed by atoms with Crippen molar-refractivity contribution in [2.75, 3.05) is 0 Å². The van der Waals surface area contributed by atoms with E-state index in [4.69, 9.17) is 5.73 Å². The lowest BCUT2D eigenvalue weighted by molar-refractivity contribution is 0.327. The molecular formula is C11H21N3. The van der Waals surface area contributed by atoms with Crippen LogP contribution in [-0.4, -0.2) is 9.55 Å². The molecule has 0 spiro atoms. The predicted molar refractivity (Wildman–Crippen MR) is 58.9 cm³/mol. The first-order chi connectivity index (χ1) is 6.20. The van der Waals surface area contributed by atoms with Gasteiger partial charge in [-0.25, -0.2) is 4.98 Å². The number of hydrogen-bond donors (Lipinski definition) is 1. The Balaban J connectivity index is 2.95. The van der Waals surface area contributed by atoms with Gasteiger partial charge in [0, 0.05) is 12.7 Å². The Morgan fingerprint density at radius 1 is 1.29 bits per heavy atom. The van der Waals surface area contributed by atoms with Gasteiger partial charge in [-0.2, -0.15) is 0 Å². The van der Waals surface area contributed by atoms with E-state index in [1.54, 1.807) is 0 Å². The van der Waals surface area contributed by atoms with Crippen LogP contribution in [0.25, 0.3) is 0 Å². The van der Waals surface area contributed by atoms with Crippen LogP contribution in [0.15, 0.2) is 12.5 Å². The normalized spacial score (nSPS) is 13.3. The van der Waals surface area contributed by atoms with Gasteiger partial charge in [-0.3, -0.25) is 0 Å². The topological polar surface area (TPSA) is 43.8 Å². The second-order valence-corrected chi connectivity index (χ2v) is 5.69. The van der Waals surface area contributed by atoms with E-state index in [2.05, 4.69) is 30.3 Å². The van der Waals surface area contributed by atoms with Crippen molar-refractivity contribution >= 4 is 0 Å². The largest absolute Gasteiger partial charge is 0.332 e. The molecule has 0 unspecified atom stereocenters. The molecule has 1 heterocycles. The van der Waals surface area contributed by atoms with Gasteiger partial charge in [-0.1, -0.05) is 20.8 Å². The summed E-state index contributed by atoms with van der Waals surface area (Å²) in [5.74, 6) is 0. The summed E-state index contributed by atoms with van der Waals surface area (Å²) in [6.45, 7) is 11.6. The minimum absolute atomic E-state index is 0.251. The number of aromatic nitrogens is 2. The molecule has 0 fully saturated rings. The number of rotatable bonds is 2. The smallest absolute Gasteiger partial charge is 0.0948 e. The molecule has 0 aliphatic heterocycles. The summed E-state index contributed by atoms with van der Waals surface area (Å²) in [5.41, 5.74) is 7.08. The van der Waals surface area contributed by atoms with Crippen LogP contribution in [0.4, 0.5) is 0 Å². The van der Waals surface area contributed by atoms with Crippen LogP contribution in [0, 0.1) is 5.41 Å². The van der Waals surface area contributed by atoms with E-state index in [1.165, 1.54) is 0 Å². The Bertz CT molecular complexity index is 299. The maximum Gasteiger partial charge on any atom is 0.0948 e. The monoisotopic (exact) mass is 195 g/mol. The molecule has 0 amide bonds. The minimum Gasteiger partial charge on any atom is -0.332 e.